The van der Waals surface area contributed by atoms with E-state index in [-0.39, 0.29) is 11.7 Å². The van der Waals surface area contributed by atoms with Crippen LogP contribution in [0, 0.1) is 5.82 Å². The minimum absolute atomic E-state index is 0.281. The monoisotopic (exact) mass is 562 g/mol. The van der Waals surface area contributed by atoms with Gasteiger partial charge < -0.3 is 14.6 Å². The molecule has 0 atom stereocenters. The number of carbonyl (C=O) groups excluding carboxylic acids is 1. The van der Waals surface area contributed by atoms with Crippen molar-refractivity contribution in [1.82, 2.24) is 34.0 Å². The molecular formula is C31H27FN8O2. The van der Waals surface area contributed by atoms with Crippen LogP contribution < -0.4 is 5.32 Å². The summed E-state index contributed by atoms with van der Waals surface area (Å²) in [6.45, 7) is 4.77. The molecule has 0 bridgehead atoms. The summed E-state index contributed by atoms with van der Waals surface area (Å²) in [6.07, 6.45) is 5.11. The average Bonchev–Trinajstić information content (AvgIpc) is 3.64. The van der Waals surface area contributed by atoms with Crippen molar-refractivity contribution < 1.29 is 13.9 Å². The summed E-state index contributed by atoms with van der Waals surface area (Å²) in [5.74, 6) is -0.207. The number of benzene rings is 2. The number of hydrogen-bond acceptors (Lipinski definition) is 7. The predicted molar refractivity (Wildman–Crippen MR) is 157 cm³/mol. The lowest BCUT2D eigenvalue weighted by Gasteiger charge is -2.26. The molecule has 0 spiro atoms. The molecule has 10 nitrogen and oxygen atoms in total. The van der Waals surface area contributed by atoms with Gasteiger partial charge in [-0.25, -0.2) is 18.9 Å². The van der Waals surface area contributed by atoms with Gasteiger partial charge in [0.1, 0.15) is 11.5 Å². The SMILES string of the molecule is O=C(Nc1cn2nc(-c3c(-c4ccc(F)cc4)ncn3CCN3CCOCC3)ccc2n1)c1ccnc2ccccc12. The van der Waals surface area contributed by atoms with Crippen LogP contribution in [0.4, 0.5) is 10.2 Å². The molecule has 4 aromatic heterocycles. The summed E-state index contributed by atoms with van der Waals surface area (Å²) >= 11 is 0. The molecule has 0 aliphatic carbocycles. The van der Waals surface area contributed by atoms with Gasteiger partial charge in [-0.3, -0.25) is 14.7 Å². The zero-order valence-electron chi connectivity index (χ0n) is 22.7. The number of amides is 1. The summed E-state index contributed by atoms with van der Waals surface area (Å²) in [4.78, 5) is 29.1. The molecule has 1 aliphatic rings. The number of para-hydroxylation sites is 1. The number of nitrogens with one attached hydrogen (secondary N) is 1. The van der Waals surface area contributed by atoms with E-state index >= 15 is 0 Å². The fourth-order valence-corrected chi connectivity index (χ4v) is 5.26. The molecule has 1 fully saturated rings. The van der Waals surface area contributed by atoms with Gasteiger partial charge >= 0.3 is 0 Å². The lowest BCUT2D eigenvalue weighted by molar-refractivity contribution is 0.0364. The van der Waals surface area contributed by atoms with Crippen molar-refractivity contribution >= 4 is 28.3 Å². The highest BCUT2D eigenvalue weighted by atomic mass is 19.1. The highest BCUT2D eigenvalue weighted by Gasteiger charge is 2.20. The molecule has 6 aromatic rings. The van der Waals surface area contributed by atoms with Crippen molar-refractivity contribution in [2.75, 3.05) is 38.2 Å². The second kappa shape index (κ2) is 11.1. The van der Waals surface area contributed by atoms with Crippen LogP contribution in [0.1, 0.15) is 10.4 Å². The van der Waals surface area contributed by atoms with Crippen LogP contribution in [0.5, 0.6) is 0 Å². The first-order valence-corrected chi connectivity index (χ1v) is 13.8. The smallest absolute Gasteiger partial charge is 0.257 e. The van der Waals surface area contributed by atoms with Crippen LogP contribution >= 0.6 is 0 Å². The summed E-state index contributed by atoms with van der Waals surface area (Å²) in [5, 5.41) is 8.51. The molecule has 1 N–H and O–H groups in total. The second-order valence-corrected chi connectivity index (χ2v) is 10.1. The number of carbonyl (C=O) groups is 1. The maximum atomic E-state index is 13.7. The lowest BCUT2D eigenvalue weighted by Crippen LogP contribution is -2.38. The highest BCUT2D eigenvalue weighted by molar-refractivity contribution is 6.12. The van der Waals surface area contributed by atoms with Gasteiger partial charge in [-0.15, -0.1) is 0 Å². The van der Waals surface area contributed by atoms with Gasteiger partial charge in [0.2, 0.25) is 0 Å². The number of aromatic nitrogens is 6. The average molecular weight is 563 g/mol. The molecule has 1 amide bonds. The molecule has 7 rings (SSSR count). The third-order valence-electron chi connectivity index (χ3n) is 7.41. The first kappa shape index (κ1) is 25.9. The third-order valence-corrected chi connectivity index (χ3v) is 7.41. The second-order valence-electron chi connectivity index (χ2n) is 10.1. The minimum atomic E-state index is -0.306. The van der Waals surface area contributed by atoms with E-state index in [1.807, 2.05) is 36.4 Å². The number of pyridine rings is 1. The molecule has 0 radical (unpaired) electrons. The number of nitrogens with zero attached hydrogens (tertiary/aromatic N) is 7. The van der Waals surface area contributed by atoms with E-state index < -0.39 is 0 Å². The number of rotatable bonds is 7. The fraction of sp³-hybridized carbons (Fsp3) is 0.194. The van der Waals surface area contributed by atoms with E-state index in [0.717, 1.165) is 55.0 Å². The maximum absolute atomic E-state index is 13.7. The molecular weight excluding hydrogens is 535 g/mol. The summed E-state index contributed by atoms with van der Waals surface area (Å²) < 4.78 is 22.9. The Kier molecular flexibility index (Phi) is 6.86. The van der Waals surface area contributed by atoms with Gasteiger partial charge in [-0.1, -0.05) is 18.2 Å². The van der Waals surface area contributed by atoms with Crippen LogP contribution in [0.15, 0.2) is 85.5 Å². The largest absolute Gasteiger partial charge is 0.379 e. The number of anilines is 1. The standard InChI is InChI=1S/C31H27FN8O2/c32-22-7-5-21(6-8-22)29-30(39(20-34-29)14-13-38-15-17-42-18-16-38)26-9-10-28-35-27(19-40(28)37-26)36-31(41)24-11-12-33-25-4-2-1-3-23(24)25/h1-12,19-20H,13-18H2,(H,36,41). The Morgan fingerprint density at radius 2 is 1.79 bits per heavy atom. The van der Waals surface area contributed by atoms with E-state index in [1.165, 1.54) is 12.1 Å². The first-order valence-electron chi connectivity index (χ1n) is 13.8. The van der Waals surface area contributed by atoms with Crippen molar-refractivity contribution in [3.8, 4) is 22.6 Å². The minimum Gasteiger partial charge on any atom is -0.379 e. The molecule has 210 valence electrons. The first-order chi connectivity index (χ1) is 20.6. The van der Waals surface area contributed by atoms with E-state index in [9.17, 15) is 9.18 Å². The van der Waals surface area contributed by atoms with Crippen LogP contribution in [0.3, 0.4) is 0 Å². The van der Waals surface area contributed by atoms with E-state index in [1.54, 1.807) is 41.4 Å². The van der Waals surface area contributed by atoms with Crippen LogP contribution in [0.2, 0.25) is 0 Å². The zero-order chi connectivity index (χ0) is 28.5. The summed E-state index contributed by atoms with van der Waals surface area (Å²) in [5.41, 5.74) is 4.84. The van der Waals surface area contributed by atoms with Crippen LogP contribution in [-0.4, -0.2) is 72.8 Å². The van der Waals surface area contributed by atoms with E-state index in [0.29, 0.717) is 35.0 Å². The normalized spacial score (nSPS) is 14.0. The van der Waals surface area contributed by atoms with E-state index in [2.05, 4.69) is 24.8 Å². The van der Waals surface area contributed by atoms with Crippen LogP contribution in [0.25, 0.3) is 39.2 Å². The fourth-order valence-electron chi connectivity index (χ4n) is 5.26. The molecule has 11 heteroatoms. The Morgan fingerprint density at radius 3 is 2.64 bits per heavy atom. The van der Waals surface area contributed by atoms with Gasteiger partial charge in [0.15, 0.2) is 11.5 Å². The van der Waals surface area contributed by atoms with Gasteiger partial charge in [-0.2, -0.15) is 5.10 Å². The zero-order valence-corrected chi connectivity index (χ0v) is 22.7. The molecule has 42 heavy (non-hydrogen) atoms. The number of fused-ring (bicyclic) bond motifs is 2. The molecule has 0 saturated carbocycles. The van der Waals surface area contributed by atoms with Crippen LogP contribution in [-0.2, 0) is 11.3 Å². The Bertz CT molecular complexity index is 1890. The number of hydrogen-bond donors (Lipinski definition) is 1. The molecule has 0 unspecified atom stereocenters. The van der Waals surface area contributed by atoms with Crippen molar-refractivity contribution in [1.29, 1.82) is 0 Å². The maximum Gasteiger partial charge on any atom is 0.257 e. The predicted octanol–water partition coefficient (Wildman–Crippen LogP) is 4.53. The molecule has 1 saturated heterocycles. The lowest BCUT2D eigenvalue weighted by atomic mass is 10.1. The van der Waals surface area contributed by atoms with Crippen molar-refractivity contribution in [3.63, 3.8) is 0 Å². The Balaban J connectivity index is 1.21. The van der Waals surface area contributed by atoms with Gasteiger partial charge in [0, 0.05) is 43.3 Å². The molecule has 1 aliphatic heterocycles. The van der Waals surface area contributed by atoms with Gasteiger partial charge in [-0.05, 0) is 48.5 Å². The number of ether oxygens (including phenoxy) is 1. The third kappa shape index (κ3) is 5.11. The quantitative estimate of drug-likeness (QED) is 0.305. The number of halogens is 1. The van der Waals surface area contributed by atoms with Gasteiger partial charge in [0.05, 0.1) is 48.2 Å². The van der Waals surface area contributed by atoms with Gasteiger partial charge in [0.25, 0.3) is 5.91 Å². The summed E-state index contributed by atoms with van der Waals surface area (Å²) in [6, 6.07) is 19.2. The Morgan fingerprint density at radius 1 is 0.952 bits per heavy atom. The topological polar surface area (TPSA) is 102 Å². The van der Waals surface area contributed by atoms with E-state index in [4.69, 9.17) is 14.8 Å². The van der Waals surface area contributed by atoms with Crippen molar-refractivity contribution in [3.05, 3.63) is 96.8 Å². The van der Waals surface area contributed by atoms with Crippen molar-refractivity contribution in [2.24, 2.45) is 0 Å². The molecule has 2 aromatic carbocycles. The number of imidazole rings is 2. The summed E-state index contributed by atoms with van der Waals surface area (Å²) in [7, 11) is 0. The molecule has 5 heterocycles. The Hall–Kier alpha value is -5.00. The van der Waals surface area contributed by atoms with Crippen molar-refractivity contribution in [2.45, 2.75) is 6.54 Å². The highest BCUT2D eigenvalue weighted by Crippen LogP contribution is 2.31. The number of morpholine rings is 1. The Labute approximate surface area is 240 Å².